The van der Waals surface area contributed by atoms with Gasteiger partial charge in [-0.1, -0.05) is 295 Å². The van der Waals surface area contributed by atoms with Gasteiger partial charge in [0, 0.05) is 12.8 Å². The van der Waals surface area contributed by atoms with Gasteiger partial charge in [0.15, 0.2) is 0 Å². The minimum absolute atomic E-state index is 0.00764. The van der Waals surface area contributed by atoms with Gasteiger partial charge < -0.3 is 20.3 Å². The standard InChI is InChI=1S/C65H125NO5/c1-3-5-7-9-11-13-38-43-47-51-55-59-65(70)71-60-56-52-48-44-40-37-35-33-31-29-27-25-23-21-19-17-15-16-18-20-22-24-26-28-30-32-34-36-39-42-46-50-54-58-64(69)66-62(61-67)63(68)57-53-49-45-41-14-12-10-8-6-4-2/h9,11,19,21,62-63,67-68H,3-8,10,12-18,20,22-61H2,1-2H3,(H,66,69)/b11-9-,21-19-. The van der Waals surface area contributed by atoms with Gasteiger partial charge in [0.25, 0.3) is 0 Å². The summed E-state index contributed by atoms with van der Waals surface area (Å²) in [6.07, 6.45) is 75.1. The van der Waals surface area contributed by atoms with Crippen molar-refractivity contribution in [3.63, 3.8) is 0 Å². The van der Waals surface area contributed by atoms with E-state index in [9.17, 15) is 19.8 Å². The number of carbonyl (C=O) groups excluding carboxylic acids is 2. The number of ether oxygens (including phenoxy) is 1. The highest BCUT2D eigenvalue weighted by Crippen LogP contribution is 2.18. The Bertz CT molecular complexity index is 1110. The van der Waals surface area contributed by atoms with Crippen molar-refractivity contribution in [1.82, 2.24) is 5.32 Å². The Kier molecular flexibility index (Phi) is 59.5. The Morgan fingerprint density at radius 2 is 0.676 bits per heavy atom. The van der Waals surface area contributed by atoms with E-state index in [1.54, 1.807) is 0 Å². The molecule has 1 amide bonds. The van der Waals surface area contributed by atoms with Gasteiger partial charge in [-0.25, -0.2) is 0 Å². The van der Waals surface area contributed by atoms with Crippen LogP contribution in [0.15, 0.2) is 24.3 Å². The second-order valence-electron chi connectivity index (χ2n) is 22.1. The molecule has 0 aromatic rings. The third kappa shape index (κ3) is 57.5. The molecule has 0 fully saturated rings. The zero-order chi connectivity index (χ0) is 51.4. The van der Waals surface area contributed by atoms with Gasteiger partial charge in [-0.05, 0) is 70.6 Å². The van der Waals surface area contributed by atoms with Crippen LogP contribution in [-0.4, -0.2) is 47.4 Å². The summed E-state index contributed by atoms with van der Waals surface area (Å²) in [5, 5.41) is 23.2. The van der Waals surface area contributed by atoms with E-state index in [-0.39, 0.29) is 18.5 Å². The third-order valence-electron chi connectivity index (χ3n) is 15.0. The average Bonchev–Trinajstić information content (AvgIpc) is 3.37. The molecule has 0 saturated carbocycles. The smallest absolute Gasteiger partial charge is 0.305 e. The van der Waals surface area contributed by atoms with E-state index in [1.165, 1.54) is 276 Å². The van der Waals surface area contributed by atoms with Crippen LogP contribution < -0.4 is 5.32 Å². The van der Waals surface area contributed by atoms with Gasteiger partial charge in [-0.15, -0.1) is 0 Å². The molecular formula is C65H125NO5. The minimum atomic E-state index is -0.659. The highest BCUT2D eigenvalue weighted by molar-refractivity contribution is 5.76. The molecule has 2 unspecified atom stereocenters. The van der Waals surface area contributed by atoms with Crippen LogP contribution >= 0.6 is 0 Å². The lowest BCUT2D eigenvalue weighted by atomic mass is 10.0. The topological polar surface area (TPSA) is 95.9 Å². The highest BCUT2D eigenvalue weighted by atomic mass is 16.5. The summed E-state index contributed by atoms with van der Waals surface area (Å²) in [5.74, 6) is -0.0246. The van der Waals surface area contributed by atoms with Crippen LogP contribution in [0, 0.1) is 0 Å². The average molecular weight is 1000 g/mol. The van der Waals surface area contributed by atoms with E-state index in [0.29, 0.717) is 25.9 Å². The monoisotopic (exact) mass is 1000 g/mol. The predicted molar refractivity (Wildman–Crippen MR) is 310 cm³/mol. The first kappa shape index (κ1) is 69.3. The molecule has 0 rings (SSSR count). The van der Waals surface area contributed by atoms with Crippen molar-refractivity contribution < 1.29 is 24.5 Å². The van der Waals surface area contributed by atoms with E-state index >= 15 is 0 Å². The molecule has 0 spiro atoms. The highest BCUT2D eigenvalue weighted by Gasteiger charge is 2.20. The van der Waals surface area contributed by atoms with Crippen LogP contribution in [0.5, 0.6) is 0 Å². The molecule has 0 aromatic heterocycles. The summed E-state index contributed by atoms with van der Waals surface area (Å²) < 4.78 is 5.46. The number of amides is 1. The molecule has 6 nitrogen and oxygen atoms in total. The SMILES string of the molecule is CCCC/C=C\CCCCCCCC(=O)OCCCCCCCCCCCCCC/C=C\CCCCCCCCCCCCCCCCCCCC(=O)NC(CO)C(O)CCCCCCCCCCCC. The van der Waals surface area contributed by atoms with Gasteiger partial charge in [-0.2, -0.15) is 0 Å². The Morgan fingerprint density at radius 3 is 1.04 bits per heavy atom. The fourth-order valence-electron chi connectivity index (χ4n) is 10.0. The van der Waals surface area contributed by atoms with Crippen LogP contribution in [0.4, 0.5) is 0 Å². The van der Waals surface area contributed by atoms with Crippen molar-refractivity contribution in [2.45, 2.75) is 366 Å². The second-order valence-corrected chi connectivity index (χ2v) is 22.1. The molecule has 0 aliphatic rings. The van der Waals surface area contributed by atoms with Crippen molar-refractivity contribution in [2.24, 2.45) is 0 Å². The molecule has 6 heteroatoms. The number of hydrogen-bond donors (Lipinski definition) is 3. The fraction of sp³-hybridized carbons (Fsp3) is 0.908. The van der Waals surface area contributed by atoms with Crippen molar-refractivity contribution in [1.29, 1.82) is 0 Å². The molecule has 0 radical (unpaired) electrons. The Labute approximate surface area is 443 Å². The fourth-order valence-corrected chi connectivity index (χ4v) is 10.0. The molecule has 3 N–H and O–H groups in total. The number of nitrogens with one attached hydrogen (secondary N) is 1. The van der Waals surface area contributed by atoms with Crippen molar-refractivity contribution in [2.75, 3.05) is 13.2 Å². The molecule has 0 bridgehead atoms. The summed E-state index contributed by atoms with van der Waals surface area (Å²) >= 11 is 0. The molecule has 0 aliphatic carbocycles. The number of esters is 1. The first-order valence-corrected chi connectivity index (χ1v) is 32.1. The summed E-state index contributed by atoms with van der Waals surface area (Å²) in [7, 11) is 0. The van der Waals surface area contributed by atoms with Gasteiger partial charge in [-0.3, -0.25) is 9.59 Å². The number of rotatable bonds is 60. The predicted octanol–water partition coefficient (Wildman–Crippen LogP) is 20.2. The maximum atomic E-state index is 12.4. The number of allylic oxidation sites excluding steroid dienone is 4. The van der Waals surface area contributed by atoms with E-state index < -0.39 is 12.1 Å². The van der Waals surface area contributed by atoms with Gasteiger partial charge in [0.1, 0.15) is 0 Å². The quantitative estimate of drug-likeness (QED) is 0.0320. The van der Waals surface area contributed by atoms with E-state index in [1.807, 2.05) is 0 Å². The van der Waals surface area contributed by atoms with Crippen LogP contribution in [0.2, 0.25) is 0 Å². The molecule has 0 heterocycles. The third-order valence-corrected chi connectivity index (χ3v) is 15.0. The lowest BCUT2D eigenvalue weighted by molar-refractivity contribution is -0.143. The van der Waals surface area contributed by atoms with Crippen LogP contribution in [0.1, 0.15) is 354 Å². The van der Waals surface area contributed by atoms with Crippen molar-refractivity contribution in [3.05, 3.63) is 24.3 Å². The molecule has 71 heavy (non-hydrogen) atoms. The first-order chi connectivity index (χ1) is 35.0. The molecule has 0 aliphatic heterocycles. The minimum Gasteiger partial charge on any atom is -0.466 e. The summed E-state index contributed by atoms with van der Waals surface area (Å²) in [6.45, 7) is 4.92. The van der Waals surface area contributed by atoms with E-state index in [4.69, 9.17) is 4.74 Å². The zero-order valence-corrected chi connectivity index (χ0v) is 48.0. The largest absolute Gasteiger partial charge is 0.466 e. The second kappa shape index (κ2) is 60.9. The summed E-state index contributed by atoms with van der Waals surface area (Å²) in [5.41, 5.74) is 0. The number of unbranched alkanes of at least 4 members (excludes halogenated alkanes) is 45. The molecule has 2 atom stereocenters. The van der Waals surface area contributed by atoms with Crippen LogP contribution in [-0.2, 0) is 14.3 Å². The lowest BCUT2D eigenvalue weighted by Crippen LogP contribution is -2.45. The number of aliphatic hydroxyl groups excluding tert-OH is 2. The molecule has 420 valence electrons. The van der Waals surface area contributed by atoms with Gasteiger partial charge >= 0.3 is 5.97 Å². The number of hydrogen-bond acceptors (Lipinski definition) is 5. The number of aliphatic hydroxyl groups is 2. The van der Waals surface area contributed by atoms with Crippen LogP contribution in [0.25, 0.3) is 0 Å². The molecular weight excluding hydrogens is 875 g/mol. The van der Waals surface area contributed by atoms with Crippen molar-refractivity contribution >= 4 is 11.9 Å². The van der Waals surface area contributed by atoms with Crippen LogP contribution in [0.3, 0.4) is 0 Å². The number of carbonyl (C=O) groups is 2. The van der Waals surface area contributed by atoms with Crippen molar-refractivity contribution in [3.8, 4) is 0 Å². The molecule has 0 saturated heterocycles. The Morgan fingerprint density at radius 1 is 0.380 bits per heavy atom. The van der Waals surface area contributed by atoms with E-state index in [2.05, 4.69) is 43.5 Å². The normalized spacial score (nSPS) is 12.7. The van der Waals surface area contributed by atoms with Gasteiger partial charge in [0.05, 0.1) is 25.4 Å². The maximum Gasteiger partial charge on any atom is 0.305 e. The maximum absolute atomic E-state index is 12.4. The summed E-state index contributed by atoms with van der Waals surface area (Å²) in [6, 6.07) is -0.537. The molecule has 0 aromatic carbocycles. The first-order valence-electron chi connectivity index (χ1n) is 32.1. The Balaban J connectivity index is 3.32. The summed E-state index contributed by atoms with van der Waals surface area (Å²) in [4.78, 5) is 24.4. The van der Waals surface area contributed by atoms with E-state index in [0.717, 1.165) is 44.9 Å². The Hall–Kier alpha value is -1.66. The lowest BCUT2D eigenvalue weighted by Gasteiger charge is -2.22. The zero-order valence-electron chi connectivity index (χ0n) is 48.0. The van der Waals surface area contributed by atoms with Gasteiger partial charge in [0.2, 0.25) is 5.91 Å².